The van der Waals surface area contributed by atoms with E-state index in [0.29, 0.717) is 17.9 Å². The second-order valence-corrected chi connectivity index (χ2v) is 4.77. The molecule has 0 aromatic heterocycles. The van der Waals surface area contributed by atoms with Crippen LogP contribution in [0.1, 0.15) is 6.42 Å². The summed E-state index contributed by atoms with van der Waals surface area (Å²) in [5.41, 5.74) is 5.69. The summed E-state index contributed by atoms with van der Waals surface area (Å²) in [6, 6.07) is 0. The van der Waals surface area contributed by atoms with Gasteiger partial charge in [0.05, 0.1) is 12.2 Å². The van der Waals surface area contributed by atoms with Crippen molar-refractivity contribution in [1.29, 1.82) is 0 Å². The molecule has 0 radical (unpaired) electrons. The lowest BCUT2D eigenvalue weighted by atomic mass is 10.0. The number of hydrogen-bond acceptors (Lipinski definition) is 2. The van der Waals surface area contributed by atoms with E-state index >= 15 is 0 Å². The first kappa shape index (κ1) is 11.8. The van der Waals surface area contributed by atoms with Gasteiger partial charge in [0.15, 0.2) is 0 Å². The number of primary amides is 1. The van der Waals surface area contributed by atoms with Crippen LogP contribution in [-0.2, 0) is 9.53 Å². The van der Waals surface area contributed by atoms with E-state index in [-0.39, 0.29) is 4.83 Å². The van der Waals surface area contributed by atoms with Gasteiger partial charge >= 0.3 is 0 Å². The van der Waals surface area contributed by atoms with Gasteiger partial charge in [-0.3, -0.25) is 4.79 Å². The molecule has 1 atom stereocenters. The standard InChI is InChI=1S/C9H11Br2NO2/c10-3-4-14-8-2-1-6(11)5-7(8)9(12)13/h2,5-6H,1,3-4H2,(H2,12,13). The Morgan fingerprint density at radius 1 is 1.71 bits per heavy atom. The minimum atomic E-state index is -0.449. The molecule has 1 aliphatic carbocycles. The van der Waals surface area contributed by atoms with E-state index in [1.807, 2.05) is 6.08 Å². The maximum Gasteiger partial charge on any atom is 0.252 e. The van der Waals surface area contributed by atoms with Crippen molar-refractivity contribution in [1.82, 2.24) is 0 Å². The fourth-order valence-electron chi connectivity index (χ4n) is 1.15. The molecule has 5 heteroatoms. The Hall–Kier alpha value is -0.290. The summed E-state index contributed by atoms with van der Waals surface area (Å²) in [5, 5.41) is 0.730. The molecule has 0 bridgehead atoms. The van der Waals surface area contributed by atoms with Gasteiger partial charge in [-0.05, 0) is 12.5 Å². The van der Waals surface area contributed by atoms with Crippen molar-refractivity contribution in [3.05, 3.63) is 23.5 Å². The smallest absolute Gasteiger partial charge is 0.252 e. The Kier molecular flexibility index (Phi) is 4.68. The number of halogens is 2. The molecule has 0 saturated heterocycles. The summed E-state index contributed by atoms with van der Waals surface area (Å²) in [5.74, 6) is 0.141. The first-order valence-corrected chi connectivity index (χ1v) is 6.24. The minimum Gasteiger partial charge on any atom is -0.492 e. The largest absolute Gasteiger partial charge is 0.492 e. The molecule has 0 aromatic rings. The van der Waals surface area contributed by atoms with E-state index in [1.54, 1.807) is 6.08 Å². The first-order chi connectivity index (χ1) is 6.65. The lowest BCUT2D eigenvalue weighted by Gasteiger charge is -2.16. The van der Waals surface area contributed by atoms with Crippen LogP contribution in [0.5, 0.6) is 0 Å². The van der Waals surface area contributed by atoms with Crippen LogP contribution < -0.4 is 5.73 Å². The molecule has 2 N–H and O–H groups in total. The number of nitrogens with two attached hydrogens (primary N) is 1. The Morgan fingerprint density at radius 2 is 2.43 bits per heavy atom. The van der Waals surface area contributed by atoms with Crippen molar-refractivity contribution in [3.8, 4) is 0 Å². The van der Waals surface area contributed by atoms with Crippen LogP contribution in [0.3, 0.4) is 0 Å². The highest BCUT2D eigenvalue weighted by molar-refractivity contribution is 9.09. The highest BCUT2D eigenvalue weighted by atomic mass is 79.9. The number of ether oxygens (including phenoxy) is 1. The van der Waals surface area contributed by atoms with Crippen LogP contribution in [0.4, 0.5) is 0 Å². The van der Waals surface area contributed by atoms with Crippen molar-refractivity contribution < 1.29 is 9.53 Å². The third-order valence-corrected chi connectivity index (χ3v) is 2.70. The number of carbonyl (C=O) groups excluding carboxylic acids is 1. The van der Waals surface area contributed by atoms with Crippen LogP contribution in [0.2, 0.25) is 0 Å². The number of alkyl halides is 2. The lowest BCUT2D eigenvalue weighted by molar-refractivity contribution is -0.114. The van der Waals surface area contributed by atoms with Crippen LogP contribution in [0, 0.1) is 0 Å². The Balaban J connectivity index is 2.73. The molecule has 0 saturated carbocycles. The normalized spacial score (nSPS) is 21.1. The average Bonchev–Trinajstić information content (AvgIpc) is 2.15. The summed E-state index contributed by atoms with van der Waals surface area (Å²) < 4.78 is 5.38. The van der Waals surface area contributed by atoms with Gasteiger partial charge in [-0.25, -0.2) is 0 Å². The van der Waals surface area contributed by atoms with E-state index in [9.17, 15) is 4.79 Å². The zero-order valence-electron chi connectivity index (χ0n) is 7.50. The Bertz CT molecular complexity index is 287. The molecule has 78 valence electrons. The fourth-order valence-corrected chi connectivity index (χ4v) is 1.76. The van der Waals surface area contributed by atoms with Crippen LogP contribution in [0.25, 0.3) is 0 Å². The molecule has 0 heterocycles. The van der Waals surface area contributed by atoms with E-state index in [4.69, 9.17) is 10.5 Å². The highest BCUT2D eigenvalue weighted by Gasteiger charge is 2.18. The molecule has 1 aliphatic rings. The number of allylic oxidation sites excluding steroid dienone is 2. The third kappa shape index (κ3) is 3.13. The Morgan fingerprint density at radius 3 is 3.00 bits per heavy atom. The molecule has 14 heavy (non-hydrogen) atoms. The minimum absolute atomic E-state index is 0.168. The second-order valence-electron chi connectivity index (χ2n) is 2.80. The van der Waals surface area contributed by atoms with Gasteiger partial charge in [0.25, 0.3) is 5.91 Å². The van der Waals surface area contributed by atoms with Crippen molar-refractivity contribution in [2.24, 2.45) is 5.73 Å². The van der Waals surface area contributed by atoms with Crippen molar-refractivity contribution in [3.63, 3.8) is 0 Å². The Labute approximate surface area is 99.6 Å². The third-order valence-electron chi connectivity index (χ3n) is 1.74. The molecule has 0 fully saturated rings. The van der Waals surface area contributed by atoms with Crippen molar-refractivity contribution in [2.75, 3.05) is 11.9 Å². The van der Waals surface area contributed by atoms with Crippen LogP contribution >= 0.6 is 31.9 Å². The number of carbonyl (C=O) groups is 1. The predicted octanol–water partition coefficient (Wildman–Crippen LogP) is 1.86. The molecule has 0 aromatic carbocycles. The van der Waals surface area contributed by atoms with Crippen LogP contribution in [0.15, 0.2) is 23.5 Å². The average molecular weight is 325 g/mol. The van der Waals surface area contributed by atoms with Gasteiger partial charge < -0.3 is 10.5 Å². The van der Waals surface area contributed by atoms with E-state index < -0.39 is 5.91 Å². The molecule has 0 aliphatic heterocycles. The van der Waals surface area contributed by atoms with Gasteiger partial charge in [0.1, 0.15) is 5.76 Å². The van der Waals surface area contributed by atoms with E-state index in [2.05, 4.69) is 31.9 Å². The molecular formula is C9H11Br2NO2. The summed E-state index contributed by atoms with van der Waals surface area (Å²) in [6.07, 6.45) is 4.47. The zero-order valence-corrected chi connectivity index (χ0v) is 10.7. The number of rotatable bonds is 4. The summed E-state index contributed by atoms with van der Waals surface area (Å²) >= 11 is 6.65. The lowest BCUT2D eigenvalue weighted by Crippen LogP contribution is -2.20. The SMILES string of the molecule is NC(=O)C1=CC(Br)CC=C1OCCBr. The second kappa shape index (κ2) is 5.56. The topological polar surface area (TPSA) is 52.3 Å². The maximum atomic E-state index is 11.1. The quantitative estimate of drug-likeness (QED) is 0.802. The summed E-state index contributed by atoms with van der Waals surface area (Å²) in [7, 11) is 0. The van der Waals surface area contributed by atoms with Gasteiger partial charge in [-0.2, -0.15) is 0 Å². The summed E-state index contributed by atoms with van der Waals surface area (Å²) in [6.45, 7) is 0.531. The summed E-state index contributed by atoms with van der Waals surface area (Å²) in [4.78, 5) is 11.2. The highest BCUT2D eigenvalue weighted by Crippen LogP contribution is 2.23. The van der Waals surface area contributed by atoms with E-state index in [0.717, 1.165) is 11.8 Å². The molecular weight excluding hydrogens is 314 g/mol. The molecule has 1 unspecified atom stereocenters. The molecule has 0 spiro atoms. The van der Waals surface area contributed by atoms with Crippen molar-refractivity contribution >= 4 is 37.8 Å². The maximum absolute atomic E-state index is 11.1. The molecule has 1 amide bonds. The zero-order chi connectivity index (χ0) is 10.6. The first-order valence-electron chi connectivity index (χ1n) is 4.20. The number of hydrogen-bond donors (Lipinski definition) is 1. The van der Waals surface area contributed by atoms with Gasteiger partial charge in [0, 0.05) is 10.2 Å². The van der Waals surface area contributed by atoms with Crippen molar-refractivity contribution in [2.45, 2.75) is 11.2 Å². The predicted molar refractivity (Wildman–Crippen MR) is 62.4 cm³/mol. The van der Waals surface area contributed by atoms with Crippen LogP contribution in [-0.4, -0.2) is 22.7 Å². The molecule has 1 rings (SSSR count). The fraction of sp³-hybridized carbons (Fsp3) is 0.444. The van der Waals surface area contributed by atoms with Gasteiger partial charge in [0.2, 0.25) is 0 Å². The number of amides is 1. The van der Waals surface area contributed by atoms with Gasteiger partial charge in [-0.15, -0.1) is 0 Å². The molecule has 3 nitrogen and oxygen atoms in total. The van der Waals surface area contributed by atoms with Gasteiger partial charge in [-0.1, -0.05) is 37.9 Å². The monoisotopic (exact) mass is 323 g/mol. The van der Waals surface area contributed by atoms with E-state index in [1.165, 1.54) is 0 Å².